The first-order valence-electron chi connectivity index (χ1n) is 4.05. The van der Waals surface area contributed by atoms with Crippen LogP contribution in [0, 0.1) is 0 Å². The highest BCUT2D eigenvalue weighted by Gasteiger charge is 2.09. The first kappa shape index (κ1) is 9.74. The second-order valence-corrected chi connectivity index (χ2v) is 3.46. The third-order valence-corrected chi connectivity index (χ3v) is 2.55. The van der Waals surface area contributed by atoms with E-state index in [1.54, 1.807) is 0 Å². The Labute approximate surface area is 81.3 Å². The fraction of sp³-hybridized carbons (Fsp3) is 0.625. The molecule has 0 radical (unpaired) electrons. The van der Waals surface area contributed by atoms with Gasteiger partial charge in [-0.05, 0) is 23.0 Å². The molecule has 0 aliphatic heterocycles. The van der Waals surface area contributed by atoms with Gasteiger partial charge in [-0.15, -0.1) is 0 Å². The van der Waals surface area contributed by atoms with Crippen molar-refractivity contribution in [2.45, 2.75) is 19.9 Å². The normalized spacial score (nSPS) is 10.7. The minimum atomic E-state index is 0.851. The molecule has 0 fully saturated rings. The molecule has 0 saturated carbocycles. The quantitative estimate of drug-likeness (QED) is 0.855. The summed E-state index contributed by atoms with van der Waals surface area (Å²) in [4.78, 5) is 4.39. The van der Waals surface area contributed by atoms with Crippen LogP contribution in [-0.2, 0) is 20.0 Å². The van der Waals surface area contributed by atoms with E-state index < -0.39 is 0 Å². The van der Waals surface area contributed by atoms with Crippen molar-refractivity contribution in [2.24, 2.45) is 7.05 Å². The maximum atomic E-state index is 4.39. The van der Waals surface area contributed by atoms with Gasteiger partial charge < -0.3 is 9.88 Å². The highest BCUT2D eigenvalue weighted by molar-refractivity contribution is 9.10. The summed E-state index contributed by atoms with van der Waals surface area (Å²) in [6, 6.07) is 0. The fourth-order valence-corrected chi connectivity index (χ4v) is 1.83. The van der Waals surface area contributed by atoms with E-state index in [9.17, 15) is 0 Å². The second-order valence-electron chi connectivity index (χ2n) is 2.71. The van der Waals surface area contributed by atoms with Crippen LogP contribution in [0.1, 0.15) is 18.4 Å². The number of nitrogens with one attached hydrogen (secondary N) is 1. The number of rotatable bonds is 3. The molecule has 0 bridgehead atoms. The number of halogens is 1. The van der Waals surface area contributed by atoms with Crippen LogP contribution in [0.5, 0.6) is 0 Å². The van der Waals surface area contributed by atoms with Gasteiger partial charge in [0.25, 0.3) is 0 Å². The second kappa shape index (κ2) is 4.05. The van der Waals surface area contributed by atoms with E-state index in [2.05, 4.69) is 37.7 Å². The molecule has 4 heteroatoms. The molecular weight excluding hydrogens is 218 g/mol. The van der Waals surface area contributed by atoms with Gasteiger partial charge >= 0.3 is 0 Å². The Kier molecular flexibility index (Phi) is 3.29. The SMILES string of the molecule is CCc1nc(Br)c(CNC)n1C. The topological polar surface area (TPSA) is 29.9 Å². The molecule has 1 aromatic heterocycles. The van der Waals surface area contributed by atoms with Crippen molar-refractivity contribution in [3.63, 3.8) is 0 Å². The summed E-state index contributed by atoms with van der Waals surface area (Å²) in [6.07, 6.45) is 0.971. The van der Waals surface area contributed by atoms with E-state index in [1.165, 1.54) is 5.69 Å². The van der Waals surface area contributed by atoms with Gasteiger partial charge in [-0.3, -0.25) is 0 Å². The Morgan fingerprint density at radius 3 is 2.67 bits per heavy atom. The van der Waals surface area contributed by atoms with Crippen molar-refractivity contribution in [1.82, 2.24) is 14.9 Å². The van der Waals surface area contributed by atoms with Crippen LogP contribution in [0.15, 0.2) is 4.60 Å². The lowest BCUT2D eigenvalue weighted by Crippen LogP contribution is -2.10. The monoisotopic (exact) mass is 231 g/mol. The maximum Gasteiger partial charge on any atom is 0.128 e. The molecule has 1 aromatic rings. The molecule has 0 saturated heterocycles. The standard InChI is InChI=1S/C8H14BrN3/c1-4-7-11-8(9)6(5-10-2)12(7)3/h10H,4-5H2,1-3H3. The van der Waals surface area contributed by atoms with E-state index in [4.69, 9.17) is 0 Å². The summed E-state index contributed by atoms with van der Waals surface area (Å²) in [7, 11) is 3.98. The fourth-order valence-electron chi connectivity index (χ4n) is 1.22. The lowest BCUT2D eigenvalue weighted by atomic mass is 10.4. The van der Waals surface area contributed by atoms with Crippen molar-refractivity contribution in [1.29, 1.82) is 0 Å². The van der Waals surface area contributed by atoms with Crippen molar-refractivity contribution >= 4 is 15.9 Å². The summed E-state index contributed by atoms with van der Waals surface area (Å²) in [5.41, 5.74) is 1.20. The molecule has 1 N–H and O–H groups in total. The molecule has 3 nitrogen and oxygen atoms in total. The molecule has 1 heterocycles. The molecule has 0 spiro atoms. The summed E-state index contributed by atoms with van der Waals surface area (Å²) in [6.45, 7) is 2.96. The third kappa shape index (κ3) is 1.69. The Morgan fingerprint density at radius 2 is 2.25 bits per heavy atom. The molecule has 1 rings (SSSR count). The van der Waals surface area contributed by atoms with Crippen LogP contribution in [0.2, 0.25) is 0 Å². The highest BCUT2D eigenvalue weighted by atomic mass is 79.9. The zero-order valence-corrected chi connectivity index (χ0v) is 9.27. The smallest absolute Gasteiger partial charge is 0.128 e. The predicted octanol–water partition coefficient (Wildman–Crippen LogP) is 1.46. The van der Waals surface area contributed by atoms with Crippen LogP contribution < -0.4 is 5.32 Å². The van der Waals surface area contributed by atoms with Crippen molar-refractivity contribution in [3.05, 3.63) is 16.1 Å². The number of nitrogens with zero attached hydrogens (tertiary/aromatic N) is 2. The Balaban J connectivity index is 3.01. The van der Waals surface area contributed by atoms with Crippen molar-refractivity contribution in [3.8, 4) is 0 Å². The van der Waals surface area contributed by atoms with E-state index in [1.807, 2.05) is 14.1 Å². The average Bonchev–Trinajstić information content (AvgIpc) is 2.32. The molecule has 0 amide bonds. The van der Waals surface area contributed by atoms with Crippen LogP contribution in [0.25, 0.3) is 0 Å². The summed E-state index contributed by atoms with van der Waals surface area (Å²) in [5, 5.41) is 3.11. The van der Waals surface area contributed by atoms with Gasteiger partial charge in [0.1, 0.15) is 10.4 Å². The van der Waals surface area contributed by atoms with Crippen LogP contribution in [0.4, 0.5) is 0 Å². The van der Waals surface area contributed by atoms with E-state index in [0.29, 0.717) is 0 Å². The van der Waals surface area contributed by atoms with E-state index in [0.717, 1.165) is 23.4 Å². The van der Waals surface area contributed by atoms with Crippen molar-refractivity contribution < 1.29 is 0 Å². The Hall–Kier alpha value is -0.350. The van der Waals surface area contributed by atoms with E-state index >= 15 is 0 Å². The van der Waals surface area contributed by atoms with Crippen LogP contribution in [0.3, 0.4) is 0 Å². The lowest BCUT2D eigenvalue weighted by Gasteiger charge is -2.03. The minimum absolute atomic E-state index is 0.851. The molecule has 0 atom stereocenters. The summed E-state index contributed by atoms with van der Waals surface area (Å²) in [5.74, 6) is 1.12. The Bertz CT molecular complexity index is 268. The molecule has 0 unspecified atom stereocenters. The summed E-state index contributed by atoms with van der Waals surface area (Å²) < 4.78 is 3.08. The third-order valence-electron chi connectivity index (χ3n) is 1.92. The minimum Gasteiger partial charge on any atom is -0.333 e. The first-order valence-corrected chi connectivity index (χ1v) is 4.84. The predicted molar refractivity (Wildman–Crippen MR) is 53.0 cm³/mol. The largest absolute Gasteiger partial charge is 0.333 e. The molecular formula is C8H14BrN3. The van der Waals surface area contributed by atoms with Gasteiger partial charge in [-0.2, -0.15) is 0 Å². The van der Waals surface area contributed by atoms with Crippen molar-refractivity contribution in [2.75, 3.05) is 7.05 Å². The Morgan fingerprint density at radius 1 is 1.58 bits per heavy atom. The number of hydrogen-bond donors (Lipinski definition) is 1. The van der Waals surface area contributed by atoms with Gasteiger partial charge in [-0.1, -0.05) is 6.92 Å². The first-order chi connectivity index (χ1) is 5.70. The number of aryl methyl sites for hydroxylation is 1. The number of hydrogen-bond acceptors (Lipinski definition) is 2. The number of imidazole rings is 1. The zero-order valence-electron chi connectivity index (χ0n) is 7.69. The molecule has 68 valence electrons. The summed E-state index contributed by atoms with van der Waals surface area (Å²) >= 11 is 3.44. The van der Waals surface area contributed by atoms with Crippen LogP contribution >= 0.6 is 15.9 Å². The lowest BCUT2D eigenvalue weighted by molar-refractivity contribution is 0.706. The van der Waals surface area contributed by atoms with Crippen LogP contribution in [-0.4, -0.2) is 16.6 Å². The average molecular weight is 232 g/mol. The molecule has 12 heavy (non-hydrogen) atoms. The van der Waals surface area contributed by atoms with Gasteiger partial charge in [0.2, 0.25) is 0 Å². The molecule has 0 aromatic carbocycles. The molecule has 0 aliphatic carbocycles. The zero-order chi connectivity index (χ0) is 9.14. The van der Waals surface area contributed by atoms with Gasteiger partial charge in [0.15, 0.2) is 0 Å². The maximum absolute atomic E-state index is 4.39. The van der Waals surface area contributed by atoms with Gasteiger partial charge in [0, 0.05) is 20.0 Å². The van der Waals surface area contributed by atoms with Gasteiger partial charge in [-0.25, -0.2) is 4.98 Å². The number of aromatic nitrogens is 2. The van der Waals surface area contributed by atoms with E-state index in [-0.39, 0.29) is 0 Å². The molecule has 0 aliphatic rings. The van der Waals surface area contributed by atoms with Gasteiger partial charge in [0.05, 0.1) is 5.69 Å². The highest BCUT2D eigenvalue weighted by Crippen LogP contribution is 2.16.